The number of rotatable bonds is 4. The van der Waals surface area contributed by atoms with Gasteiger partial charge in [-0.1, -0.05) is 18.2 Å². The van der Waals surface area contributed by atoms with Gasteiger partial charge in [-0.05, 0) is 42.3 Å². The van der Waals surface area contributed by atoms with Crippen LogP contribution in [0.2, 0.25) is 0 Å². The summed E-state index contributed by atoms with van der Waals surface area (Å²) < 4.78 is 30.8. The maximum absolute atomic E-state index is 13.3. The van der Waals surface area contributed by atoms with Gasteiger partial charge in [-0.3, -0.25) is 4.79 Å². The first kappa shape index (κ1) is 17.3. The molecule has 0 atom stereocenters. The van der Waals surface area contributed by atoms with Crippen molar-refractivity contribution in [3.05, 3.63) is 71.3 Å². The van der Waals surface area contributed by atoms with Crippen molar-refractivity contribution < 1.29 is 23.1 Å². The maximum atomic E-state index is 13.3. The molecule has 0 aliphatic heterocycles. The number of halogens is 2. The standard InChI is InChI=1S/C18H15F2NO3/c1-11(12-7-8-14(19)15(20)10-12)9-17(22)21-16-6-4-3-5-13(16)18(23)24-2/h3-10H,1-2H3,(H,21,22). The summed E-state index contributed by atoms with van der Waals surface area (Å²) in [4.78, 5) is 23.8. The van der Waals surface area contributed by atoms with Gasteiger partial charge < -0.3 is 10.1 Å². The SMILES string of the molecule is COC(=O)c1ccccc1NC(=O)C=C(C)c1ccc(F)c(F)c1. The molecule has 2 aromatic carbocycles. The van der Waals surface area contributed by atoms with E-state index in [0.29, 0.717) is 16.8 Å². The number of benzene rings is 2. The fourth-order valence-corrected chi connectivity index (χ4v) is 2.07. The Kier molecular flexibility index (Phi) is 5.42. The molecule has 1 amide bonds. The highest BCUT2D eigenvalue weighted by molar-refractivity contribution is 6.07. The molecule has 0 saturated carbocycles. The molecule has 0 aromatic heterocycles. The van der Waals surface area contributed by atoms with Crippen LogP contribution in [-0.4, -0.2) is 19.0 Å². The molecule has 0 saturated heterocycles. The minimum atomic E-state index is -0.989. The molecule has 0 aliphatic rings. The number of methoxy groups -OCH3 is 1. The topological polar surface area (TPSA) is 55.4 Å². The first-order valence-corrected chi connectivity index (χ1v) is 7.04. The van der Waals surface area contributed by atoms with Crippen LogP contribution in [0.3, 0.4) is 0 Å². The van der Waals surface area contributed by atoms with E-state index in [0.717, 1.165) is 12.1 Å². The number of hydrogen-bond acceptors (Lipinski definition) is 3. The molecule has 0 spiro atoms. The van der Waals surface area contributed by atoms with Gasteiger partial charge in [0.05, 0.1) is 18.4 Å². The van der Waals surface area contributed by atoms with Gasteiger partial charge in [-0.25, -0.2) is 13.6 Å². The highest BCUT2D eigenvalue weighted by atomic mass is 19.2. The summed E-state index contributed by atoms with van der Waals surface area (Å²) in [5.74, 6) is -3.03. The van der Waals surface area contributed by atoms with E-state index < -0.39 is 23.5 Å². The normalized spacial score (nSPS) is 11.1. The maximum Gasteiger partial charge on any atom is 0.339 e. The Bertz CT molecular complexity index is 816. The summed E-state index contributed by atoms with van der Waals surface area (Å²) in [5.41, 5.74) is 1.34. The third kappa shape index (κ3) is 4.04. The summed E-state index contributed by atoms with van der Waals surface area (Å²) in [6.07, 6.45) is 1.24. The van der Waals surface area contributed by atoms with Gasteiger partial charge in [0, 0.05) is 6.08 Å². The molecule has 0 aliphatic carbocycles. The fourth-order valence-electron chi connectivity index (χ4n) is 2.07. The molecule has 2 rings (SSSR count). The van der Waals surface area contributed by atoms with E-state index in [-0.39, 0.29) is 5.56 Å². The molecule has 124 valence electrons. The van der Waals surface area contributed by atoms with Crippen LogP contribution >= 0.6 is 0 Å². The predicted octanol–water partition coefficient (Wildman–Crippen LogP) is 3.79. The zero-order valence-corrected chi connectivity index (χ0v) is 13.1. The molecule has 0 unspecified atom stereocenters. The van der Waals surface area contributed by atoms with Gasteiger partial charge in [0.2, 0.25) is 5.91 Å². The number of carbonyl (C=O) groups excluding carboxylic acids is 2. The highest BCUT2D eigenvalue weighted by Gasteiger charge is 2.12. The van der Waals surface area contributed by atoms with E-state index in [1.807, 2.05) is 0 Å². The van der Waals surface area contributed by atoms with Gasteiger partial charge in [-0.2, -0.15) is 0 Å². The Hall–Kier alpha value is -3.02. The number of carbonyl (C=O) groups is 2. The fraction of sp³-hybridized carbons (Fsp3) is 0.111. The average molecular weight is 331 g/mol. The van der Waals surface area contributed by atoms with Crippen LogP contribution in [0.4, 0.5) is 14.5 Å². The first-order valence-electron chi connectivity index (χ1n) is 7.04. The van der Waals surface area contributed by atoms with Crippen LogP contribution < -0.4 is 5.32 Å². The largest absolute Gasteiger partial charge is 0.465 e. The summed E-state index contributed by atoms with van der Waals surface area (Å²) in [6.45, 7) is 1.60. The summed E-state index contributed by atoms with van der Waals surface area (Å²) in [7, 11) is 1.24. The van der Waals surface area contributed by atoms with Crippen molar-refractivity contribution in [2.75, 3.05) is 12.4 Å². The molecule has 0 fully saturated rings. The van der Waals surface area contributed by atoms with Crippen molar-refractivity contribution in [2.24, 2.45) is 0 Å². The number of nitrogens with one attached hydrogen (secondary N) is 1. The zero-order valence-electron chi connectivity index (χ0n) is 13.1. The Morgan fingerprint density at radius 1 is 1.08 bits per heavy atom. The molecule has 0 radical (unpaired) electrons. The van der Waals surface area contributed by atoms with E-state index in [9.17, 15) is 18.4 Å². The Balaban J connectivity index is 2.21. The molecule has 4 nitrogen and oxygen atoms in total. The van der Waals surface area contributed by atoms with Crippen LogP contribution in [0.5, 0.6) is 0 Å². The minimum Gasteiger partial charge on any atom is -0.465 e. The van der Waals surface area contributed by atoms with Gasteiger partial charge >= 0.3 is 5.97 Å². The number of anilines is 1. The predicted molar refractivity (Wildman–Crippen MR) is 86.4 cm³/mol. The second-order valence-electron chi connectivity index (χ2n) is 4.98. The molecular weight excluding hydrogens is 316 g/mol. The van der Waals surface area contributed by atoms with Crippen molar-refractivity contribution in [1.82, 2.24) is 0 Å². The van der Waals surface area contributed by atoms with Crippen LogP contribution in [-0.2, 0) is 9.53 Å². The number of esters is 1. The lowest BCUT2D eigenvalue weighted by Crippen LogP contribution is -2.13. The Labute approximate surface area is 137 Å². The number of hydrogen-bond donors (Lipinski definition) is 1. The summed E-state index contributed by atoms with van der Waals surface area (Å²) >= 11 is 0. The van der Waals surface area contributed by atoms with Crippen molar-refractivity contribution in [3.8, 4) is 0 Å². The van der Waals surface area contributed by atoms with E-state index in [1.54, 1.807) is 25.1 Å². The van der Waals surface area contributed by atoms with Crippen molar-refractivity contribution in [2.45, 2.75) is 6.92 Å². The summed E-state index contributed by atoms with van der Waals surface area (Å²) in [6, 6.07) is 9.76. The lowest BCUT2D eigenvalue weighted by Gasteiger charge is -2.08. The lowest BCUT2D eigenvalue weighted by atomic mass is 10.1. The van der Waals surface area contributed by atoms with E-state index in [2.05, 4.69) is 10.1 Å². The first-order chi connectivity index (χ1) is 11.4. The molecule has 2 aromatic rings. The molecule has 0 bridgehead atoms. The number of allylic oxidation sites excluding steroid dienone is 1. The molecular formula is C18H15F2NO3. The number of para-hydroxylation sites is 1. The lowest BCUT2D eigenvalue weighted by molar-refractivity contribution is -0.111. The Morgan fingerprint density at radius 2 is 1.79 bits per heavy atom. The number of amides is 1. The van der Waals surface area contributed by atoms with E-state index in [4.69, 9.17) is 0 Å². The van der Waals surface area contributed by atoms with E-state index in [1.165, 1.54) is 25.3 Å². The molecule has 0 heterocycles. The van der Waals surface area contributed by atoms with E-state index >= 15 is 0 Å². The van der Waals surface area contributed by atoms with Crippen molar-refractivity contribution in [1.29, 1.82) is 0 Å². The van der Waals surface area contributed by atoms with Crippen LogP contribution in [0.15, 0.2) is 48.5 Å². The monoisotopic (exact) mass is 331 g/mol. The number of ether oxygens (including phenoxy) is 1. The van der Waals surface area contributed by atoms with Crippen LogP contribution in [0.1, 0.15) is 22.8 Å². The highest BCUT2D eigenvalue weighted by Crippen LogP contribution is 2.19. The van der Waals surface area contributed by atoms with Crippen molar-refractivity contribution in [3.63, 3.8) is 0 Å². The zero-order chi connectivity index (χ0) is 17.7. The smallest absolute Gasteiger partial charge is 0.339 e. The van der Waals surface area contributed by atoms with Gasteiger partial charge in [0.1, 0.15) is 0 Å². The average Bonchev–Trinajstić information content (AvgIpc) is 2.57. The quantitative estimate of drug-likeness (QED) is 0.685. The van der Waals surface area contributed by atoms with Gasteiger partial charge in [0.25, 0.3) is 0 Å². The van der Waals surface area contributed by atoms with Crippen LogP contribution in [0, 0.1) is 11.6 Å². The second kappa shape index (κ2) is 7.50. The Morgan fingerprint density at radius 3 is 2.46 bits per heavy atom. The third-order valence-electron chi connectivity index (χ3n) is 3.31. The van der Waals surface area contributed by atoms with Gasteiger partial charge in [-0.15, -0.1) is 0 Å². The minimum absolute atomic E-state index is 0.215. The third-order valence-corrected chi connectivity index (χ3v) is 3.31. The summed E-state index contributed by atoms with van der Waals surface area (Å²) in [5, 5.41) is 2.57. The van der Waals surface area contributed by atoms with Crippen LogP contribution in [0.25, 0.3) is 5.57 Å². The molecule has 6 heteroatoms. The molecule has 24 heavy (non-hydrogen) atoms. The molecule has 1 N–H and O–H groups in total. The second-order valence-corrected chi connectivity index (χ2v) is 4.98. The van der Waals surface area contributed by atoms with Gasteiger partial charge in [0.15, 0.2) is 11.6 Å². The van der Waals surface area contributed by atoms with Crippen molar-refractivity contribution >= 4 is 23.1 Å².